The number of nitrogens with zero attached hydrogens (tertiary/aromatic N) is 2. The van der Waals surface area contributed by atoms with Crippen molar-refractivity contribution in [3.05, 3.63) is 71.3 Å². The molecule has 28 heavy (non-hydrogen) atoms. The van der Waals surface area contributed by atoms with Gasteiger partial charge in [0.2, 0.25) is 5.91 Å². The number of anilines is 1. The third-order valence-corrected chi connectivity index (χ3v) is 4.76. The summed E-state index contributed by atoms with van der Waals surface area (Å²) in [5.74, 6) is 0.272. The number of carbonyl (C=O) groups excluding carboxylic acids is 1. The summed E-state index contributed by atoms with van der Waals surface area (Å²) in [7, 11) is 0. The first-order valence-corrected chi connectivity index (χ1v) is 9.57. The lowest BCUT2D eigenvalue weighted by molar-refractivity contribution is -0.121. The number of aromatic nitrogens is 2. The Morgan fingerprint density at radius 1 is 1.07 bits per heavy atom. The van der Waals surface area contributed by atoms with Gasteiger partial charge in [-0.1, -0.05) is 44.2 Å². The van der Waals surface area contributed by atoms with E-state index in [1.165, 1.54) is 10.9 Å². The Morgan fingerprint density at radius 3 is 2.54 bits per heavy atom. The molecule has 1 aromatic heterocycles. The first kappa shape index (κ1) is 19.6. The number of benzene rings is 2. The maximum Gasteiger partial charge on any atom is 0.261 e. The van der Waals surface area contributed by atoms with E-state index in [1.807, 2.05) is 42.5 Å². The molecule has 0 aliphatic carbocycles. The fourth-order valence-corrected chi connectivity index (χ4v) is 3.00. The zero-order chi connectivity index (χ0) is 19.9. The molecule has 1 atom stereocenters. The summed E-state index contributed by atoms with van der Waals surface area (Å²) in [5.41, 5.74) is 1.58. The quantitative estimate of drug-likeness (QED) is 0.632. The van der Waals surface area contributed by atoms with Gasteiger partial charge in [-0.15, -0.1) is 0 Å². The molecule has 0 bridgehead atoms. The Balaban J connectivity index is 1.55. The van der Waals surface area contributed by atoms with Crippen molar-refractivity contribution in [3.63, 3.8) is 0 Å². The van der Waals surface area contributed by atoms with Crippen molar-refractivity contribution >= 4 is 22.5 Å². The molecule has 2 aromatic carbocycles. The molecular weight excluding hydrogens is 352 g/mol. The zero-order valence-electron chi connectivity index (χ0n) is 16.3. The third-order valence-electron chi connectivity index (χ3n) is 4.76. The van der Waals surface area contributed by atoms with Crippen LogP contribution in [0.2, 0.25) is 0 Å². The van der Waals surface area contributed by atoms with Crippen LogP contribution in [0.5, 0.6) is 0 Å². The van der Waals surface area contributed by atoms with Crippen LogP contribution in [-0.4, -0.2) is 28.0 Å². The number of para-hydroxylation sites is 2. The number of carbonyl (C=O) groups is 1. The third kappa shape index (κ3) is 4.97. The standard InChI is InChI=1S/C22H26N4O2/c1-16(2)20(25-17-8-4-3-5-9-17)14-23-21(27)12-13-26-15-24-19-11-7-6-10-18(19)22(26)28/h3-11,15-16,20,25H,12-14H2,1-2H3,(H,23,27). The molecule has 0 saturated heterocycles. The van der Waals surface area contributed by atoms with Crippen molar-refractivity contribution in [3.8, 4) is 0 Å². The molecule has 0 saturated carbocycles. The van der Waals surface area contributed by atoms with Gasteiger partial charge in [0.15, 0.2) is 0 Å². The van der Waals surface area contributed by atoms with E-state index in [0.29, 0.717) is 29.9 Å². The van der Waals surface area contributed by atoms with E-state index >= 15 is 0 Å². The maximum absolute atomic E-state index is 12.5. The van der Waals surface area contributed by atoms with E-state index in [9.17, 15) is 9.59 Å². The number of fused-ring (bicyclic) bond motifs is 1. The van der Waals surface area contributed by atoms with Crippen molar-refractivity contribution in [1.82, 2.24) is 14.9 Å². The molecule has 6 nitrogen and oxygen atoms in total. The molecule has 1 amide bonds. The highest BCUT2D eigenvalue weighted by molar-refractivity contribution is 5.77. The van der Waals surface area contributed by atoms with Gasteiger partial charge in [0.25, 0.3) is 5.56 Å². The van der Waals surface area contributed by atoms with Gasteiger partial charge < -0.3 is 10.6 Å². The molecule has 6 heteroatoms. The molecular formula is C22H26N4O2. The van der Waals surface area contributed by atoms with Crippen LogP contribution in [0, 0.1) is 5.92 Å². The molecule has 2 N–H and O–H groups in total. The highest BCUT2D eigenvalue weighted by atomic mass is 16.1. The summed E-state index contributed by atoms with van der Waals surface area (Å²) in [4.78, 5) is 29.1. The van der Waals surface area contributed by atoms with E-state index in [-0.39, 0.29) is 23.9 Å². The molecule has 1 unspecified atom stereocenters. The van der Waals surface area contributed by atoms with E-state index in [4.69, 9.17) is 0 Å². The Kier molecular flexibility index (Phi) is 6.42. The van der Waals surface area contributed by atoms with Gasteiger partial charge in [0.05, 0.1) is 17.2 Å². The highest BCUT2D eigenvalue weighted by Crippen LogP contribution is 2.12. The minimum atomic E-state index is -0.121. The lowest BCUT2D eigenvalue weighted by Gasteiger charge is -2.24. The van der Waals surface area contributed by atoms with Crippen LogP contribution in [0.15, 0.2) is 65.7 Å². The van der Waals surface area contributed by atoms with Crippen LogP contribution in [0.25, 0.3) is 10.9 Å². The number of nitrogens with one attached hydrogen (secondary N) is 2. The van der Waals surface area contributed by atoms with Crippen LogP contribution in [0.4, 0.5) is 5.69 Å². The monoisotopic (exact) mass is 378 g/mol. The van der Waals surface area contributed by atoms with Crippen molar-refractivity contribution in [2.45, 2.75) is 32.9 Å². The minimum Gasteiger partial charge on any atom is -0.380 e. The van der Waals surface area contributed by atoms with Crippen LogP contribution in [0.1, 0.15) is 20.3 Å². The molecule has 0 aliphatic rings. The summed E-state index contributed by atoms with van der Waals surface area (Å²) in [6.45, 7) is 5.07. The lowest BCUT2D eigenvalue weighted by atomic mass is 10.0. The van der Waals surface area contributed by atoms with Gasteiger partial charge >= 0.3 is 0 Å². The Hall–Kier alpha value is -3.15. The predicted octanol–water partition coefficient (Wildman–Crippen LogP) is 3.04. The smallest absolute Gasteiger partial charge is 0.261 e. The van der Waals surface area contributed by atoms with E-state index in [1.54, 1.807) is 12.1 Å². The first-order chi connectivity index (χ1) is 13.5. The van der Waals surface area contributed by atoms with Crippen molar-refractivity contribution < 1.29 is 4.79 Å². The van der Waals surface area contributed by atoms with Crippen molar-refractivity contribution in [2.75, 3.05) is 11.9 Å². The molecule has 0 spiro atoms. The number of hydrogen-bond acceptors (Lipinski definition) is 4. The van der Waals surface area contributed by atoms with Gasteiger partial charge in [-0.3, -0.25) is 14.2 Å². The second-order valence-corrected chi connectivity index (χ2v) is 7.18. The minimum absolute atomic E-state index is 0.0828. The Morgan fingerprint density at radius 2 is 1.79 bits per heavy atom. The van der Waals surface area contributed by atoms with Gasteiger partial charge in [0.1, 0.15) is 0 Å². The number of amides is 1. The van der Waals surface area contributed by atoms with Crippen LogP contribution in [0.3, 0.4) is 0 Å². The van der Waals surface area contributed by atoms with Gasteiger partial charge in [-0.25, -0.2) is 4.98 Å². The van der Waals surface area contributed by atoms with E-state index in [2.05, 4.69) is 29.5 Å². The fourth-order valence-electron chi connectivity index (χ4n) is 3.00. The molecule has 3 aromatic rings. The molecule has 0 aliphatic heterocycles. The maximum atomic E-state index is 12.5. The summed E-state index contributed by atoms with van der Waals surface area (Å²) in [6, 6.07) is 17.3. The second-order valence-electron chi connectivity index (χ2n) is 7.18. The van der Waals surface area contributed by atoms with E-state index < -0.39 is 0 Å². The SMILES string of the molecule is CC(C)C(CNC(=O)CCn1cnc2ccccc2c1=O)Nc1ccccc1. The number of aryl methyl sites for hydroxylation is 1. The van der Waals surface area contributed by atoms with Crippen molar-refractivity contribution in [1.29, 1.82) is 0 Å². The summed E-state index contributed by atoms with van der Waals surface area (Å²) >= 11 is 0. The molecule has 0 radical (unpaired) electrons. The van der Waals surface area contributed by atoms with Crippen LogP contribution >= 0.6 is 0 Å². The van der Waals surface area contributed by atoms with Crippen LogP contribution < -0.4 is 16.2 Å². The average Bonchev–Trinajstić information content (AvgIpc) is 2.71. The largest absolute Gasteiger partial charge is 0.380 e. The number of hydrogen-bond donors (Lipinski definition) is 2. The number of rotatable bonds is 8. The van der Waals surface area contributed by atoms with E-state index in [0.717, 1.165) is 5.69 Å². The topological polar surface area (TPSA) is 76.0 Å². The molecule has 3 rings (SSSR count). The predicted molar refractivity (Wildman–Crippen MR) is 112 cm³/mol. The molecule has 0 fully saturated rings. The Bertz CT molecular complexity index is 982. The lowest BCUT2D eigenvalue weighted by Crippen LogP contribution is -2.40. The second kappa shape index (κ2) is 9.17. The van der Waals surface area contributed by atoms with Crippen LogP contribution in [-0.2, 0) is 11.3 Å². The average molecular weight is 378 g/mol. The normalized spacial score (nSPS) is 12.1. The summed E-state index contributed by atoms with van der Waals surface area (Å²) in [6.07, 6.45) is 1.74. The van der Waals surface area contributed by atoms with Gasteiger partial charge in [-0.05, 0) is 30.2 Å². The van der Waals surface area contributed by atoms with Crippen molar-refractivity contribution in [2.24, 2.45) is 5.92 Å². The zero-order valence-corrected chi connectivity index (χ0v) is 16.3. The van der Waals surface area contributed by atoms with Gasteiger partial charge in [-0.2, -0.15) is 0 Å². The first-order valence-electron chi connectivity index (χ1n) is 9.57. The molecule has 146 valence electrons. The van der Waals surface area contributed by atoms with Gasteiger partial charge in [0, 0.05) is 31.2 Å². The Labute approximate surface area is 164 Å². The fraction of sp³-hybridized carbons (Fsp3) is 0.318. The summed E-state index contributed by atoms with van der Waals surface area (Å²) < 4.78 is 1.49. The molecule has 1 heterocycles. The summed E-state index contributed by atoms with van der Waals surface area (Å²) in [5, 5.41) is 7.00. The highest BCUT2D eigenvalue weighted by Gasteiger charge is 2.14.